The average Bonchev–Trinajstić information content (AvgIpc) is 3.48. The molecule has 0 spiro atoms. The van der Waals surface area contributed by atoms with Crippen molar-refractivity contribution in [2.45, 2.75) is 25.8 Å². The molecule has 2 heterocycles. The highest BCUT2D eigenvalue weighted by Gasteiger charge is 2.40. The molecule has 1 aliphatic carbocycles. The molecule has 6 heteroatoms. The average molecular weight is 353 g/mol. The Labute approximate surface area is 153 Å². The zero-order valence-corrected chi connectivity index (χ0v) is 15.0. The van der Waals surface area contributed by atoms with Crippen LogP contribution < -0.4 is 0 Å². The summed E-state index contributed by atoms with van der Waals surface area (Å²) in [5.74, 6) is 0.170. The van der Waals surface area contributed by atoms with Gasteiger partial charge < -0.3 is 9.80 Å². The Morgan fingerprint density at radius 2 is 1.62 bits per heavy atom. The van der Waals surface area contributed by atoms with E-state index in [9.17, 15) is 14.4 Å². The molecule has 1 unspecified atom stereocenters. The molecular weight excluding hydrogens is 330 g/mol. The van der Waals surface area contributed by atoms with Gasteiger partial charge >= 0.3 is 0 Å². The summed E-state index contributed by atoms with van der Waals surface area (Å²) in [6, 6.07) is 6.70. The summed E-state index contributed by atoms with van der Waals surface area (Å²) in [5.41, 5.74) is 1.96. The van der Waals surface area contributed by atoms with Gasteiger partial charge in [-0.3, -0.25) is 19.3 Å². The second-order valence-electron chi connectivity index (χ2n) is 7.27. The molecule has 1 aromatic rings. The van der Waals surface area contributed by atoms with E-state index in [1.54, 1.807) is 17.9 Å². The van der Waals surface area contributed by atoms with Crippen molar-refractivity contribution in [2.75, 3.05) is 26.2 Å². The normalized spacial score (nSPS) is 21.0. The highest BCUT2D eigenvalue weighted by Crippen LogP contribution is 2.34. The molecule has 6 nitrogen and oxygen atoms in total. The molecule has 3 aliphatic rings. The first-order valence-corrected chi connectivity index (χ1v) is 9.18. The molecule has 1 saturated carbocycles. The maximum absolute atomic E-state index is 12.9. The van der Waals surface area contributed by atoms with Gasteiger partial charge in [-0.15, -0.1) is 0 Å². The van der Waals surface area contributed by atoms with Crippen molar-refractivity contribution in [3.63, 3.8) is 0 Å². The molecule has 26 heavy (non-hydrogen) atoms. The molecule has 1 atom stereocenters. The van der Waals surface area contributed by atoms with E-state index in [2.05, 4.69) is 6.58 Å². The lowest BCUT2D eigenvalue weighted by Crippen LogP contribution is -2.55. The fourth-order valence-electron chi connectivity index (χ4n) is 3.82. The fourth-order valence-corrected chi connectivity index (χ4v) is 3.82. The molecule has 3 amide bonds. The Morgan fingerprint density at radius 1 is 1.04 bits per heavy atom. The summed E-state index contributed by atoms with van der Waals surface area (Å²) >= 11 is 0. The summed E-state index contributed by atoms with van der Waals surface area (Å²) in [5, 5.41) is 0. The lowest BCUT2D eigenvalue weighted by atomic mass is 10.1. The summed E-state index contributed by atoms with van der Waals surface area (Å²) in [6.07, 6.45) is 1.99. The van der Waals surface area contributed by atoms with E-state index in [0.29, 0.717) is 37.4 Å². The van der Waals surface area contributed by atoms with E-state index < -0.39 is 6.04 Å². The first-order chi connectivity index (χ1) is 12.5. The second-order valence-corrected chi connectivity index (χ2v) is 7.27. The van der Waals surface area contributed by atoms with E-state index >= 15 is 0 Å². The lowest BCUT2D eigenvalue weighted by Gasteiger charge is -2.37. The SMILES string of the molecule is C=C1c2ccccc2C(=O)N1C(C)C(=O)N1CCN(C(=O)C2CC2)CC1. The number of fused-ring (bicyclic) bond motifs is 1. The van der Waals surface area contributed by atoms with Crippen molar-refractivity contribution >= 4 is 23.4 Å². The van der Waals surface area contributed by atoms with Crippen LogP contribution in [0.5, 0.6) is 0 Å². The largest absolute Gasteiger partial charge is 0.339 e. The van der Waals surface area contributed by atoms with Crippen LogP contribution in [0, 0.1) is 5.92 Å². The van der Waals surface area contributed by atoms with Crippen molar-refractivity contribution in [2.24, 2.45) is 5.92 Å². The number of benzene rings is 1. The molecule has 2 aliphatic heterocycles. The van der Waals surface area contributed by atoms with Gasteiger partial charge in [-0.05, 0) is 25.8 Å². The van der Waals surface area contributed by atoms with Gasteiger partial charge in [0.1, 0.15) is 6.04 Å². The van der Waals surface area contributed by atoms with Crippen molar-refractivity contribution in [3.8, 4) is 0 Å². The third kappa shape index (κ3) is 2.69. The van der Waals surface area contributed by atoms with Gasteiger partial charge in [0.15, 0.2) is 0 Å². The summed E-state index contributed by atoms with van der Waals surface area (Å²) < 4.78 is 0. The summed E-state index contributed by atoms with van der Waals surface area (Å²) in [4.78, 5) is 42.9. The van der Waals surface area contributed by atoms with Gasteiger partial charge in [0, 0.05) is 48.9 Å². The summed E-state index contributed by atoms with van der Waals surface area (Å²) in [6.45, 7) is 7.95. The van der Waals surface area contributed by atoms with Crippen molar-refractivity contribution in [3.05, 3.63) is 42.0 Å². The fraction of sp³-hybridized carbons (Fsp3) is 0.450. The maximum atomic E-state index is 12.9. The standard InChI is InChI=1S/C20H23N3O3/c1-13-16-5-3-4-6-17(16)20(26)23(13)14(2)18(24)21-9-11-22(12-10-21)19(25)15-7-8-15/h3-6,14-15H,1,7-12H2,2H3. The molecule has 2 fully saturated rings. The van der Waals surface area contributed by atoms with Gasteiger partial charge in [0.05, 0.1) is 0 Å². The predicted molar refractivity (Wildman–Crippen MR) is 97.0 cm³/mol. The van der Waals surface area contributed by atoms with Crippen LogP contribution in [-0.4, -0.2) is 64.6 Å². The van der Waals surface area contributed by atoms with Gasteiger partial charge in [-0.1, -0.05) is 24.8 Å². The highest BCUT2D eigenvalue weighted by molar-refractivity contribution is 6.10. The first kappa shape index (κ1) is 16.8. The molecule has 1 aromatic carbocycles. The van der Waals surface area contributed by atoms with Crippen LogP contribution in [0.15, 0.2) is 30.8 Å². The topological polar surface area (TPSA) is 60.9 Å². The van der Waals surface area contributed by atoms with E-state index in [-0.39, 0.29) is 23.6 Å². The van der Waals surface area contributed by atoms with Crippen LogP contribution in [0.1, 0.15) is 35.7 Å². The molecule has 0 N–H and O–H groups in total. The smallest absolute Gasteiger partial charge is 0.259 e. The van der Waals surface area contributed by atoms with Crippen LogP contribution in [0.25, 0.3) is 5.70 Å². The van der Waals surface area contributed by atoms with Crippen LogP contribution in [0.2, 0.25) is 0 Å². The van der Waals surface area contributed by atoms with Crippen LogP contribution in [0.3, 0.4) is 0 Å². The van der Waals surface area contributed by atoms with Gasteiger partial charge in [-0.25, -0.2) is 0 Å². The Bertz CT molecular complexity index is 756. The van der Waals surface area contributed by atoms with Gasteiger partial charge in [0.25, 0.3) is 5.91 Å². The number of nitrogens with zero attached hydrogens (tertiary/aromatic N) is 3. The van der Waals surface area contributed by atoms with Crippen molar-refractivity contribution in [1.82, 2.24) is 14.7 Å². The number of carbonyl (C=O) groups is 3. The lowest BCUT2D eigenvalue weighted by molar-refractivity contribution is -0.142. The maximum Gasteiger partial charge on any atom is 0.259 e. The minimum atomic E-state index is -0.604. The third-order valence-corrected chi connectivity index (χ3v) is 5.55. The monoisotopic (exact) mass is 353 g/mol. The van der Waals surface area contributed by atoms with Crippen LogP contribution in [-0.2, 0) is 9.59 Å². The zero-order valence-electron chi connectivity index (χ0n) is 15.0. The minimum Gasteiger partial charge on any atom is -0.339 e. The van der Waals surface area contributed by atoms with Gasteiger partial charge in [0.2, 0.25) is 11.8 Å². The van der Waals surface area contributed by atoms with E-state index in [4.69, 9.17) is 0 Å². The molecular formula is C20H23N3O3. The van der Waals surface area contributed by atoms with E-state index in [1.165, 1.54) is 4.90 Å². The van der Waals surface area contributed by atoms with Gasteiger partial charge in [-0.2, -0.15) is 0 Å². The molecule has 1 saturated heterocycles. The van der Waals surface area contributed by atoms with Crippen LogP contribution >= 0.6 is 0 Å². The Hall–Kier alpha value is -2.63. The van der Waals surface area contributed by atoms with E-state index in [0.717, 1.165) is 18.4 Å². The number of rotatable bonds is 3. The third-order valence-electron chi connectivity index (χ3n) is 5.55. The zero-order chi connectivity index (χ0) is 18.4. The number of piperazine rings is 1. The van der Waals surface area contributed by atoms with E-state index in [1.807, 2.05) is 23.1 Å². The number of hydrogen-bond donors (Lipinski definition) is 0. The molecule has 0 radical (unpaired) electrons. The number of carbonyl (C=O) groups excluding carboxylic acids is 3. The Balaban J connectivity index is 1.42. The summed E-state index contributed by atoms with van der Waals surface area (Å²) in [7, 11) is 0. The molecule has 136 valence electrons. The molecule has 4 rings (SSSR count). The van der Waals surface area contributed by atoms with Crippen molar-refractivity contribution < 1.29 is 14.4 Å². The predicted octanol–water partition coefficient (Wildman–Crippen LogP) is 1.58. The first-order valence-electron chi connectivity index (χ1n) is 9.18. The Morgan fingerprint density at radius 3 is 2.19 bits per heavy atom. The van der Waals surface area contributed by atoms with Crippen molar-refractivity contribution in [1.29, 1.82) is 0 Å². The number of hydrogen-bond acceptors (Lipinski definition) is 3. The second kappa shape index (κ2) is 6.27. The molecule has 0 bridgehead atoms. The number of amides is 3. The highest BCUT2D eigenvalue weighted by atomic mass is 16.2. The Kier molecular flexibility index (Phi) is 4.05. The quantitative estimate of drug-likeness (QED) is 0.829. The minimum absolute atomic E-state index is 0.0918. The van der Waals surface area contributed by atoms with Crippen LogP contribution in [0.4, 0.5) is 0 Å². The molecule has 0 aromatic heterocycles.